The van der Waals surface area contributed by atoms with Gasteiger partial charge in [0.2, 0.25) is 11.7 Å². The van der Waals surface area contributed by atoms with E-state index in [1.165, 1.54) is 0 Å². The van der Waals surface area contributed by atoms with Gasteiger partial charge in [-0.25, -0.2) is 0 Å². The van der Waals surface area contributed by atoms with E-state index in [1.54, 1.807) is 0 Å². The molecule has 4 rings (SSSR count). The highest BCUT2D eigenvalue weighted by Crippen LogP contribution is 2.35. The molecule has 1 amide bonds. The van der Waals surface area contributed by atoms with Crippen LogP contribution in [0.1, 0.15) is 34.7 Å². The maximum atomic E-state index is 12.4. The zero-order valence-electron chi connectivity index (χ0n) is 10.9. The number of fused-ring (bicyclic) bond motifs is 1. The van der Waals surface area contributed by atoms with Gasteiger partial charge in [0.05, 0.1) is 6.54 Å². The summed E-state index contributed by atoms with van der Waals surface area (Å²) >= 11 is 0. The molecule has 1 saturated carbocycles. The number of aromatic nitrogens is 2. The Kier molecular flexibility index (Phi) is 2.40. The topological polar surface area (TPSA) is 85.2 Å². The van der Waals surface area contributed by atoms with Crippen LogP contribution in [0.2, 0.25) is 0 Å². The number of nitrogens with two attached hydrogens (primary N) is 1. The fourth-order valence-corrected chi connectivity index (χ4v) is 2.60. The largest absolute Gasteiger partial charge is 0.338 e. The second-order valence-corrected chi connectivity index (χ2v) is 5.25. The first-order valence-electron chi connectivity index (χ1n) is 6.73. The lowest BCUT2D eigenvalue weighted by Crippen LogP contribution is -2.25. The molecular formula is C14H14N4O2. The van der Waals surface area contributed by atoms with Crippen LogP contribution in [-0.4, -0.2) is 27.0 Å². The average Bonchev–Trinajstić information content (AvgIpc) is 3.11. The molecule has 1 aliphatic carbocycles. The van der Waals surface area contributed by atoms with Gasteiger partial charge in [0.15, 0.2) is 0 Å². The third kappa shape index (κ3) is 1.72. The number of rotatable bonds is 3. The van der Waals surface area contributed by atoms with Crippen LogP contribution >= 0.6 is 0 Å². The van der Waals surface area contributed by atoms with Crippen molar-refractivity contribution in [2.45, 2.75) is 32.0 Å². The summed E-state index contributed by atoms with van der Waals surface area (Å²) in [6.45, 7) is 0.936. The van der Waals surface area contributed by atoms with Crippen LogP contribution in [0.15, 0.2) is 22.7 Å². The highest BCUT2D eigenvalue weighted by Gasteiger charge is 2.38. The first-order valence-corrected chi connectivity index (χ1v) is 6.73. The molecule has 1 aliphatic heterocycles. The van der Waals surface area contributed by atoms with Crippen molar-refractivity contribution in [3.05, 3.63) is 35.2 Å². The molecule has 2 aromatic rings. The fraction of sp³-hybridized carbons (Fsp3) is 0.357. The van der Waals surface area contributed by atoms with Gasteiger partial charge in [-0.05, 0) is 24.5 Å². The van der Waals surface area contributed by atoms with Crippen molar-refractivity contribution in [3.8, 4) is 11.4 Å². The van der Waals surface area contributed by atoms with Crippen molar-refractivity contribution in [2.24, 2.45) is 5.73 Å². The lowest BCUT2D eigenvalue weighted by molar-refractivity contribution is 0.0766. The highest BCUT2D eigenvalue weighted by atomic mass is 16.5. The van der Waals surface area contributed by atoms with Crippen molar-refractivity contribution in [1.29, 1.82) is 0 Å². The molecule has 0 radical (unpaired) electrons. The van der Waals surface area contributed by atoms with E-state index < -0.39 is 0 Å². The van der Waals surface area contributed by atoms with E-state index in [1.807, 2.05) is 23.1 Å². The molecule has 0 saturated heterocycles. The summed E-state index contributed by atoms with van der Waals surface area (Å²) < 4.78 is 5.00. The number of carbonyl (C=O) groups excluding carboxylic acids is 1. The maximum Gasteiger partial charge on any atom is 0.254 e. The number of hydrogen-bond acceptors (Lipinski definition) is 5. The summed E-state index contributed by atoms with van der Waals surface area (Å²) in [4.78, 5) is 18.5. The van der Waals surface area contributed by atoms with Gasteiger partial charge in [-0.15, -0.1) is 0 Å². The van der Waals surface area contributed by atoms with Crippen LogP contribution < -0.4 is 5.73 Å². The third-order valence-corrected chi connectivity index (χ3v) is 3.83. The van der Waals surface area contributed by atoms with E-state index in [4.69, 9.17) is 10.3 Å². The van der Waals surface area contributed by atoms with E-state index >= 15 is 0 Å². The number of amides is 1. The van der Waals surface area contributed by atoms with Crippen LogP contribution in [0.4, 0.5) is 0 Å². The van der Waals surface area contributed by atoms with E-state index in [0.717, 1.165) is 36.1 Å². The Hall–Kier alpha value is -2.21. The molecule has 2 aliphatic rings. The molecule has 20 heavy (non-hydrogen) atoms. The molecule has 0 bridgehead atoms. The molecule has 0 spiro atoms. The van der Waals surface area contributed by atoms with Crippen molar-refractivity contribution in [3.63, 3.8) is 0 Å². The van der Waals surface area contributed by atoms with Gasteiger partial charge in [-0.3, -0.25) is 4.79 Å². The summed E-state index contributed by atoms with van der Waals surface area (Å²) in [7, 11) is 0. The number of carbonyl (C=O) groups is 1. The van der Waals surface area contributed by atoms with E-state index in [9.17, 15) is 4.79 Å². The van der Waals surface area contributed by atoms with Gasteiger partial charge in [0.1, 0.15) is 0 Å². The lowest BCUT2D eigenvalue weighted by atomic mass is 10.1. The van der Waals surface area contributed by atoms with Crippen molar-refractivity contribution in [2.75, 3.05) is 0 Å². The molecule has 6 heteroatoms. The van der Waals surface area contributed by atoms with Crippen LogP contribution in [0.25, 0.3) is 11.4 Å². The summed E-state index contributed by atoms with van der Waals surface area (Å²) in [5.41, 5.74) is 8.08. The molecule has 1 fully saturated rings. The Bertz CT molecular complexity index is 690. The first-order chi connectivity index (χ1) is 9.76. The average molecular weight is 270 g/mol. The van der Waals surface area contributed by atoms with Crippen LogP contribution in [-0.2, 0) is 13.1 Å². The van der Waals surface area contributed by atoms with Gasteiger partial charge in [-0.2, -0.15) is 4.98 Å². The molecule has 0 atom stereocenters. The van der Waals surface area contributed by atoms with Gasteiger partial charge in [-0.1, -0.05) is 17.3 Å². The van der Waals surface area contributed by atoms with Crippen molar-refractivity contribution in [1.82, 2.24) is 15.0 Å². The second kappa shape index (κ2) is 4.14. The molecule has 1 aromatic heterocycles. The fourth-order valence-electron chi connectivity index (χ4n) is 2.60. The minimum atomic E-state index is 0.117. The number of hydrogen-bond donors (Lipinski definition) is 1. The van der Waals surface area contributed by atoms with Crippen LogP contribution in [0, 0.1) is 0 Å². The van der Waals surface area contributed by atoms with Crippen molar-refractivity contribution >= 4 is 5.91 Å². The van der Waals surface area contributed by atoms with Gasteiger partial charge < -0.3 is 15.2 Å². The Balaban J connectivity index is 1.70. The molecule has 2 N–H and O–H groups in total. The zero-order valence-corrected chi connectivity index (χ0v) is 10.9. The van der Waals surface area contributed by atoms with E-state index in [2.05, 4.69) is 10.1 Å². The summed E-state index contributed by atoms with van der Waals surface area (Å²) in [5.74, 6) is 0.990. The predicted octanol–water partition coefficient (Wildman–Crippen LogP) is 1.31. The van der Waals surface area contributed by atoms with E-state index in [0.29, 0.717) is 17.8 Å². The first kappa shape index (κ1) is 11.6. The molecular weight excluding hydrogens is 256 g/mol. The summed E-state index contributed by atoms with van der Waals surface area (Å²) in [6.07, 6.45) is 2.24. The van der Waals surface area contributed by atoms with Crippen LogP contribution in [0.5, 0.6) is 0 Å². The summed E-state index contributed by atoms with van der Waals surface area (Å²) in [5, 5.41) is 3.88. The number of benzene rings is 1. The lowest BCUT2D eigenvalue weighted by Gasteiger charge is -2.13. The minimum Gasteiger partial charge on any atom is -0.338 e. The Morgan fingerprint density at radius 1 is 1.40 bits per heavy atom. The number of nitrogens with zero attached hydrogens (tertiary/aromatic N) is 3. The van der Waals surface area contributed by atoms with Gasteiger partial charge in [0, 0.05) is 23.7 Å². The van der Waals surface area contributed by atoms with Crippen LogP contribution in [0.3, 0.4) is 0 Å². The van der Waals surface area contributed by atoms with Gasteiger partial charge >= 0.3 is 0 Å². The van der Waals surface area contributed by atoms with Gasteiger partial charge in [0.25, 0.3) is 5.91 Å². The highest BCUT2D eigenvalue weighted by molar-refractivity contribution is 5.99. The third-order valence-electron chi connectivity index (χ3n) is 3.83. The SMILES string of the molecule is NCc1nc(-c2ccc3c(c2)C(=O)N(C2CC2)C3)no1. The Labute approximate surface area is 115 Å². The Morgan fingerprint density at radius 3 is 2.95 bits per heavy atom. The molecule has 2 heterocycles. The van der Waals surface area contributed by atoms with Crippen molar-refractivity contribution < 1.29 is 9.32 Å². The monoisotopic (exact) mass is 270 g/mol. The maximum absolute atomic E-state index is 12.4. The Morgan fingerprint density at radius 2 is 2.25 bits per heavy atom. The normalized spacial score (nSPS) is 17.6. The molecule has 1 aromatic carbocycles. The quantitative estimate of drug-likeness (QED) is 0.909. The predicted molar refractivity (Wildman–Crippen MR) is 70.5 cm³/mol. The minimum absolute atomic E-state index is 0.117. The zero-order chi connectivity index (χ0) is 13.7. The standard InChI is InChI=1S/C14H14N4O2/c15-6-12-16-13(17-20-12)8-1-2-9-7-18(10-3-4-10)14(19)11(9)5-8/h1-2,5,10H,3-4,6-7,15H2. The molecule has 0 unspecified atom stereocenters. The molecule has 102 valence electrons. The van der Waals surface area contributed by atoms with E-state index in [-0.39, 0.29) is 12.5 Å². The molecule has 6 nitrogen and oxygen atoms in total. The smallest absolute Gasteiger partial charge is 0.254 e. The summed E-state index contributed by atoms with van der Waals surface area (Å²) in [6, 6.07) is 6.19. The second-order valence-electron chi connectivity index (χ2n) is 5.25.